The molecule has 2 aromatic heterocycles. The third kappa shape index (κ3) is 3.79. The largest absolute Gasteiger partial charge is 0.336 e. The Hall–Kier alpha value is -1.73. The molecule has 1 aliphatic rings. The second-order valence-electron chi connectivity index (χ2n) is 6.45. The number of sulfonamides is 1. The highest BCUT2D eigenvalue weighted by Gasteiger charge is 2.39. The van der Waals surface area contributed by atoms with Gasteiger partial charge in [0, 0.05) is 37.7 Å². The van der Waals surface area contributed by atoms with Gasteiger partial charge in [-0.15, -0.1) is 0 Å². The van der Waals surface area contributed by atoms with Gasteiger partial charge in [0.1, 0.15) is 0 Å². The van der Waals surface area contributed by atoms with Crippen molar-refractivity contribution in [2.75, 3.05) is 0 Å². The van der Waals surface area contributed by atoms with Crippen molar-refractivity contribution in [2.24, 2.45) is 5.92 Å². The Morgan fingerprint density at radius 1 is 1.39 bits per heavy atom. The zero-order valence-corrected chi connectivity index (χ0v) is 14.3. The summed E-state index contributed by atoms with van der Waals surface area (Å²) >= 11 is 0. The van der Waals surface area contributed by atoms with E-state index in [2.05, 4.69) is 23.8 Å². The number of rotatable bonds is 7. The molecule has 0 aromatic carbocycles. The van der Waals surface area contributed by atoms with Crippen molar-refractivity contribution >= 4 is 10.0 Å². The first-order valence-corrected chi connectivity index (χ1v) is 9.33. The Balaban J connectivity index is 1.84. The molecular formula is C16H22N4O2S. The van der Waals surface area contributed by atoms with Crippen LogP contribution in [0.5, 0.6) is 0 Å². The molecule has 0 amide bonds. The van der Waals surface area contributed by atoms with Crippen LogP contribution in [-0.2, 0) is 23.1 Å². The minimum Gasteiger partial charge on any atom is -0.336 e. The van der Waals surface area contributed by atoms with Gasteiger partial charge in [-0.1, -0.05) is 19.9 Å². The number of imidazole rings is 1. The monoisotopic (exact) mass is 334 g/mol. The fourth-order valence-electron chi connectivity index (χ4n) is 2.56. The lowest BCUT2D eigenvalue weighted by atomic mass is 10.2. The molecule has 0 aliphatic heterocycles. The SMILES string of the molecule is CC(C)Cn1cnc(S(=O)(=O)N(Cc2cccnc2)C2CC2)c1. The molecule has 23 heavy (non-hydrogen) atoms. The molecule has 1 fully saturated rings. The van der Waals surface area contributed by atoms with Crippen molar-refractivity contribution in [3.05, 3.63) is 42.6 Å². The van der Waals surface area contributed by atoms with Crippen LogP contribution < -0.4 is 0 Å². The lowest BCUT2D eigenvalue weighted by molar-refractivity contribution is 0.396. The number of nitrogens with zero attached hydrogens (tertiary/aromatic N) is 4. The first-order valence-electron chi connectivity index (χ1n) is 7.89. The minimum absolute atomic E-state index is 0.0791. The van der Waals surface area contributed by atoms with E-state index in [9.17, 15) is 8.42 Å². The van der Waals surface area contributed by atoms with Gasteiger partial charge < -0.3 is 4.57 Å². The van der Waals surface area contributed by atoms with Crippen LogP contribution in [0.2, 0.25) is 0 Å². The Kier molecular flexibility index (Phi) is 4.50. The predicted octanol–water partition coefficient (Wildman–Crippen LogP) is 2.29. The fourth-order valence-corrected chi connectivity index (χ4v) is 4.17. The van der Waals surface area contributed by atoms with Crippen LogP contribution in [0, 0.1) is 5.92 Å². The minimum atomic E-state index is -3.58. The summed E-state index contributed by atoms with van der Waals surface area (Å²) in [5.74, 6) is 0.440. The lowest BCUT2D eigenvalue weighted by Gasteiger charge is -2.20. The molecule has 0 spiro atoms. The highest BCUT2D eigenvalue weighted by atomic mass is 32.2. The highest BCUT2D eigenvalue weighted by Crippen LogP contribution is 2.33. The van der Waals surface area contributed by atoms with Gasteiger partial charge in [0.15, 0.2) is 5.03 Å². The summed E-state index contributed by atoms with van der Waals surface area (Å²) in [4.78, 5) is 8.20. The van der Waals surface area contributed by atoms with E-state index >= 15 is 0 Å². The summed E-state index contributed by atoms with van der Waals surface area (Å²) < 4.78 is 29.3. The number of pyridine rings is 1. The molecule has 1 aliphatic carbocycles. The topological polar surface area (TPSA) is 68.1 Å². The quantitative estimate of drug-likeness (QED) is 0.779. The molecule has 0 saturated heterocycles. The van der Waals surface area contributed by atoms with Crippen LogP contribution in [0.25, 0.3) is 0 Å². The van der Waals surface area contributed by atoms with Gasteiger partial charge >= 0.3 is 0 Å². The van der Waals surface area contributed by atoms with Crippen LogP contribution in [0.3, 0.4) is 0 Å². The summed E-state index contributed by atoms with van der Waals surface area (Å²) in [6.07, 6.45) is 8.45. The van der Waals surface area contributed by atoms with Gasteiger partial charge in [-0.2, -0.15) is 4.31 Å². The Morgan fingerprint density at radius 2 is 2.17 bits per heavy atom. The zero-order valence-electron chi connectivity index (χ0n) is 13.5. The van der Waals surface area contributed by atoms with E-state index in [4.69, 9.17) is 0 Å². The molecule has 3 rings (SSSR count). The van der Waals surface area contributed by atoms with E-state index in [0.29, 0.717) is 12.5 Å². The zero-order chi connectivity index (χ0) is 16.4. The molecule has 124 valence electrons. The molecule has 0 radical (unpaired) electrons. The summed E-state index contributed by atoms with van der Waals surface area (Å²) in [7, 11) is -3.58. The van der Waals surface area contributed by atoms with Crippen molar-refractivity contribution in [3.63, 3.8) is 0 Å². The van der Waals surface area contributed by atoms with Crippen LogP contribution in [0.4, 0.5) is 0 Å². The van der Waals surface area contributed by atoms with Gasteiger partial charge in [0.05, 0.1) is 6.33 Å². The smallest absolute Gasteiger partial charge is 0.262 e. The average molecular weight is 334 g/mol. The van der Waals surface area contributed by atoms with Gasteiger partial charge in [-0.3, -0.25) is 4.98 Å². The summed E-state index contributed by atoms with van der Waals surface area (Å²) in [5, 5.41) is 0.133. The summed E-state index contributed by atoms with van der Waals surface area (Å²) in [6, 6.07) is 3.80. The van der Waals surface area contributed by atoms with Crippen molar-refractivity contribution in [1.29, 1.82) is 0 Å². The molecule has 0 atom stereocenters. The van der Waals surface area contributed by atoms with Crippen molar-refractivity contribution in [2.45, 2.75) is 50.8 Å². The second-order valence-corrected chi connectivity index (χ2v) is 8.28. The lowest BCUT2D eigenvalue weighted by Crippen LogP contribution is -2.33. The normalized spacial score (nSPS) is 15.5. The molecule has 1 saturated carbocycles. The Morgan fingerprint density at radius 3 is 2.78 bits per heavy atom. The molecular weight excluding hydrogens is 312 g/mol. The van der Waals surface area contributed by atoms with Crippen molar-refractivity contribution in [1.82, 2.24) is 18.8 Å². The molecule has 2 heterocycles. The number of aromatic nitrogens is 3. The van der Waals surface area contributed by atoms with E-state index in [-0.39, 0.29) is 11.1 Å². The molecule has 6 nitrogen and oxygen atoms in total. The summed E-state index contributed by atoms with van der Waals surface area (Å²) in [5.41, 5.74) is 0.893. The third-order valence-electron chi connectivity index (χ3n) is 3.77. The van der Waals surface area contributed by atoms with E-state index in [0.717, 1.165) is 24.9 Å². The van der Waals surface area contributed by atoms with Gasteiger partial charge in [0.25, 0.3) is 10.0 Å². The molecule has 2 aromatic rings. The molecule has 0 N–H and O–H groups in total. The fraction of sp³-hybridized carbons (Fsp3) is 0.500. The van der Waals surface area contributed by atoms with Crippen LogP contribution in [0.1, 0.15) is 32.3 Å². The maximum absolute atomic E-state index is 12.9. The highest BCUT2D eigenvalue weighted by molar-refractivity contribution is 7.89. The Labute approximate surface area is 137 Å². The molecule has 0 unspecified atom stereocenters. The van der Waals surface area contributed by atoms with Crippen LogP contribution >= 0.6 is 0 Å². The van der Waals surface area contributed by atoms with E-state index in [1.165, 1.54) is 0 Å². The van der Waals surface area contributed by atoms with E-state index in [1.54, 1.807) is 29.2 Å². The third-order valence-corrected chi connectivity index (χ3v) is 5.56. The van der Waals surface area contributed by atoms with Gasteiger partial charge in [0.2, 0.25) is 0 Å². The first kappa shape index (κ1) is 16.1. The number of hydrogen-bond donors (Lipinski definition) is 0. The maximum atomic E-state index is 12.9. The summed E-state index contributed by atoms with van der Waals surface area (Å²) in [6.45, 7) is 5.28. The molecule has 0 bridgehead atoms. The van der Waals surface area contributed by atoms with Crippen LogP contribution in [0.15, 0.2) is 42.1 Å². The van der Waals surface area contributed by atoms with Crippen LogP contribution in [-0.4, -0.2) is 33.3 Å². The maximum Gasteiger partial charge on any atom is 0.262 e. The predicted molar refractivity (Wildman–Crippen MR) is 87.1 cm³/mol. The Bertz CT molecular complexity index is 751. The number of hydrogen-bond acceptors (Lipinski definition) is 4. The van der Waals surface area contributed by atoms with Gasteiger partial charge in [-0.05, 0) is 30.4 Å². The van der Waals surface area contributed by atoms with E-state index < -0.39 is 10.0 Å². The van der Waals surface area contributed by atoms with Crippen molar-refractivity contribution in [3.8, 4) is 0 Å². The molecule has 7 heteroatoms. The van der Waals surface area contributed by atoms with E-state index in [1.807, 2.05) is 16.7 Å². The van der Waals surface area contributed by atoms with Gasteiger partial charge in [-0.25, -0.2) is 13.4 Å². The van der Waals surface area contributed by atoms with Crippen molar-refractivity contribution < 1.29 is 8.42 Å². The average Bonchev–Trinajstić information content (AvgIpc) is 3.24. The second kappa shape index (κ2) is 6.41. The standard InChI is InChI=1S/C16H22N4O2S/c1-13(2)9-19-11-16(18-12-19)23(21,22)20(15-5-6-15)10-14-4-3-7-17-8-14/h3-4,7-8,11-13,15H,5-6,9-10H2,1-2H3. The first-order chi connectivity index (χ1) is 11.0.